The van der Waals surface area contributed by atoms with Crippen molar-refractivity contribution in [2.45, 2.75) is 17.4 Å². The summed E-state index contributed by atoms with van der Waals surface area (Å²) in [5.41, 5.74) is 2.41. The molecule has 2 aromatic rings. The van der Waals surface area contributed by atoms with Gasteiger partial charge in [-0.1, -0.05) is 18.2 Å². The van der Waals surface area contributed by atoms with Gasteiger partial charge in [0.15, 0.2) is 0 Å². The molecule has 0 saturated heterocycles. The third-order valence-electron chi connectivity index (χ3n) is 4.08. The average Bonchev–Trinajstić information content (AvgIpc) is 3.02. The van der Waals surface area contributed by atoms with E-state index in [9.17, 15) is 9.59 Å². The second-order valence-electron chi connectivity index (χ2n) is 5.81. The van der Waals surface area contributed by atoms with Gasteiger partial charge in [-0.2, -0.15) is 0 Å². The minimum absolute atomic E-state index is 0.0396. The van der Waals surface area contributed by atoms with Crippen molar-refractivity contribution in [3.8, 4) is 5.75 Å². The third kappa shape index (κ3) is 2.97. The van der Waals surface area contributed by atoms with Gasteiger partial charge in [-0.3, -0.25) is 9.59 Å². The molecule has 0 aliphatic carbocycles. The number of hydrogen-bond donors (Lipinski definition) is 2. The van der Waals surface area contributed by atoms with Crippen LogP contribution in [0.1, 0.15) is 15.9 Å². The summed E-state index contributed by atoms with van der Waals surface area (Å²) in [6.07, 6.45) is 0.757. The zero-order valence-electron chi connectivity index (χ0n) is 12.9. The SMILES string of the molecule is O=C1CSc2ccc(C(=O)NC[C@H]3Cc4ccccc4O3)cc2N1. The molecule has 0 saturated carbocycles. The molecule has 2 heterocycles. The molecule has 5 nitrogen and oxygen atoms in total. The lowest BCUT2D eigenvalue weighted by Crippen LogP contribution is -2.34. The summed E-state index contributed by atoms with van der Waals surface area (Å²) in [7, 11) is 0. The predicted octanol–water partition coefficient (Wildman–Crippen LogP) is 2.46. The summed E-state index contributed by atoms with van der Waals surface area (Å²) < 4.78 is 5.82. The Bertz CT molecular complexity index is 797. The zero-order valence-corrected chi connectivity index (χ0v) is 13.7. The maximum atomic E-state index is 12.4. The van der Waals surface area contributed by atoms with Crippen molar-refractivity contribution in [1.29, 1.82) is 0 Å². The second-order valence-corrected chi connectivity index (χ2v) is 6.83. The maximum Gasteiger partial charge on any atom is 0.251 e. The van der Waals surface area contributed by atoms with Gasteiger partial charge >= 0.3 is 0 Å². The fraction of sp³-hybridized carbons (Fsp3) is 0.222. The number of para-hydroxylation sites is 1. The molecule has 122 valence electrons. The minimum Gasteiger partial charge on any atom is -0.488 e. The molecule has 0 aromatic heterocycles. The number of hydrogen-bond acceptors (Lipinski definition) is 4. The van der Waals surface area contributed by atoms with E-state index in [0.717, 1.165) is 17.1 Å². The summed E-state index contributed by atoms with van der Waals surface area (Å²) in [5, 5.41) is 5.71. The van der Waals surface area contributed by atoms with Gasteiger partial charge in [0.2, 0.25) is 5.91 Å². The summed E-state index contributed by atoms with van der Waals surface area (Å²) >= 11 is 1.48. The predicted molar refractivity (Wildman–Crippen MR) is 92.7 cm³/mol. The number of benzene rings is 2. The Morgan fingerprint density at radius 2 is 2.17 bits per heavy atom. The first-order valence-corrected chi connectivity index (χ1v) is 8.77. The van der Waals surface area contributed by atoms with Gasteiger partial charge in [-0.05, 0) is 29.8 Å². The topological polar surface area (TPSA) is 67.4 Å². The number of fused-ring (bicyclic) bond motifs is 2. The van der Waals surface area contributed by atoms with Crippen molar-refractivity contribution in [2.24, 2.45) is 0 Å². The standard InChI is InChI=1S/C18H16N2O3S/c21-17-10-24-16-6-5-12(8-14(16)20-17)18(22)19-9-13-7-11-3-1-2-4-15(11)23-13/h1-6,8,13H,7,9-10H2,(H,19,22)(H,20,21)/t13-/m1/s1. The first-order valence-electron chi connectivity index (χ1n) is 7.78. The van der Waals surface area contributed by atoms with Gasteiger partial charge in [-0.25, -0.2) is 0 Å². The molecule has 2 aromatic carbocycles. The summed E-state index contributed by atoms with van der Waals surface area (Å²) in [6, 6.07) is 13.3. The highest BCUT2D eigenvalue weighted by Gasteiger charge is 2.23. The van der Waals surface area contributed by atoms with Gasteiger partial charge in [0.1, 0.15) is 11.9 Å². The lowest BCUT2D eigenvalue weighted by molar-refractivity contribution is -0.113. The van der Waals surface area contributed by atoms with E-state index in [1.54, 1.807) is 12.1 Å². The average molecular weight is 340 g/mol. The van der Waals surface area contributed by atoms with Crippen LogP contribution in [-0.2, 0) is 11.2 Å². The van der Waals surface area contributed by atoms with E-state index in [4.69, 9.17) is 4.74 Å². The van der Waals surface area contributed by atoms with Crippen LogP contribution in [0.4, 0.5) is 5.69 Å². The van der Waals surface area contributed by atoms with Crippen LogP contribution in [0.3, 0.4) is 0 Å². The molecule has 0 fully saturated rings. The molecular weight excluding hydrogens is 324 g/mol. The summed E-state index contributed by atoms with van der Waals surface area (Å²) in [4.78, 5) is 24.8. The monoisotopic (exact) mass is 340 g/mol. The molecule has 2 N–H and O–H groups in total. The third-order valence-corrected chi connectivity index (χ3v) is 5.15. The van der Waals surface area contributed by atoms with E-state index in [0.29, 0.717) is 23.5 Å². The number of ether oxygens (including phenoxy) is 1. The zero-order chi connectivity index (χ0) is 16.5. The number of rotatable bonds is 3. The second kappa shape index (κ2) is 6.20. The van der Waals surface area contributed by atoms with Gasteiger partial charge in [0.25, 0.3) is 5.91 Å². The van der Waals surface area contributed by atoms with Crippen LogP contribution in [0, 0.1) is 0 Å². The van der Waals surface area contributed by atoms with Crippen LogP contribution >= 0.6 is 11.8 Å². The van der Waals surface area contributed by atoms with Crippen molar-refractivity contribution >= 4 is 29.3 Å². The van der Waals surface area contributed by atoms with E-state index >= 15 is 0 Å². The summed E-state index contributed by atoms with van der Waals surface area (Å²) in [6.45, 7) is 0.450. The van der Waals surface area contributed by atoms with Crippen LogP contribution < -0.4 is 15.4 Å². The highest BCUT2D eigenvalue weighted by Crippen LogP contribution is 2.32. The largest absolute Gasteiger partial charge is 0.488 e. The van der Waals surface area contributed by atoms with E-state index < -0.39 is 0 Å². The Balaban J connectivity index is 1.39. The Kier molecular flexibility index (Phi) is 3.90. The van der Waals surface area contributed by atoms with Crippen LogP contribution in [0.2, 0.25) is 0 Å². The van der Waals surface area contributed by atoms with Crippen LogP contribution in [0.5, 0.6) is 5.75 Å². The molecule has 0 radical (unpaired) electrons. The minimum atomic E-state index is -0.165. The smallest absolute Gasteiger partial charge is 0.251 e. The molecule has 1 atom stereocenters. The van der Waals surface area contributed by atoms with E-state index in [2.05, 4.69) is 10.6 Å². The number of amides is 2. The first kappa shape index (κ1) is 15.1. The van der Waals surface area contributed by atoms with Gasteiger partial charge < -0.3 is 15.4 Å². The lowest BCUT2D eigenvalue weighted by Gasteiger charge is -2.17. The fourth-order valence-corrected chi connectivity index (χ4v) is 3.69. The van der Waals surface area contributed by atoms with Crippen molar-refractivity contribution in [3.05, 3.63) is 53.6 Å². The van der Waals surface area contributed by atoms with Crippen molar-refractivity contribution < 1.29 is 14.3 Å². The van der Waals surface area contributed by atoms with Gasteiger partial charge in [0, 0.05) is 16.9 Å². The van der Waals surface area contributed by atoms with Crippen molar-refractivity contribution in [1.82, 2.24) is 5.32 Å². The van der Waals surface area contributed by atoms with E-state index in [1.807, 2.05) is 30.3 Å². The highest BCUT2D eigenvalue weighted by molar-refractivity contribution is 8.00. The molecule has 2 aliphatic rings. The molecule has 4 rings (SSSR count). The van der Waals surface area contributed by atoms with Crippen LogP contribution in [0.25, 0.3) is 0 Å². The summed E-state index contributed by atoms with van der Waals surface area (Å²) in [5.74, 6) is 1.10. The number of anilines is 1. The number of carbonyl (C=O) groups excluding carboxylic acids is 2. The fourth-order valence-electron chi connectivity index (χ4n) is 2.90. The first-order chi connectivity index (χ1) is 11.7. The molecule has 2 aliphatic heterocycles. The number of carbonyl (C=O) groups is 2. The Labute approximate surface area is 143 Å². The molecule has 0 spiro atoms. The molecule has 2 amide bonds. The van der Waals surface area contributed by atoms with Crippen molar-refractivity contribution in [3.63, 3.8) is 0 Å². The van der Waals surface area contributed by atoms with Crippen LogP contribution in [-0.4, -0.2) is 30.2 Å². The lowest BCUT2D eigenvalue weighted by atomic mass is 10.1. The van der Waals surface area contributed by atoms with Gasteiger partial charge in [-0.15, -0.1) is 11.8 Å². The van der Waals surface area contributed by atoms with Crippen molar-refractivity contribution in [2.75, 3.05) is 17.6 Å². The molecule has 0 bridgehead atoms. The normalized spacial score (nSPS) is 18.2. The Morgan fingerprint density at radius 3 is 3.04 bits per heavy atom. The Morgan fingerprint density at radius 1 is 1.29 bits per heavy atom. The Hall–Kier alpha value is -2.47. The maximum absolute atomic E-state index is 12.4. The molecule has 0 unspecified atom stereocenters. The van der Waals surface area contributed by atoms with E-state index in [-0.39, 0.29) is 17.9 Å². The molecular formula is C18H16N2O3S. The van der Waals surface area contributed by atoms with Crippen LogP contribution in [0.15, 0.2) is 47.4 Å². The number of nitrogens with one attached hydrogen (secondary N) is 2. The molecule has 6 heteroatoms. The number of thioether (sulfide) groups is 1. The van der Waals surface area contributed by atoms with Gasteiger partial charge in [0.05, 0.1) is 18.0 Å². The molecule has 24 heavy (non-hydrogen) atoms. The quantitative estimate of drug-likeness (QED) is 0.901. The highest BCUT2D eigenvalue weighted by atomic mass is 32.2. The van der Waals surface area contributed by atoms with E-state index in [1.165, 1.54) is 17.3 Å².